The van der Waals surface area contributed by atoms with Crippen molar-refractivity contribution in [2.24, 2.45) is 5.92 Å². The van der Waals surface area contributed by atoms with Gasteiger partial charge in [-0.15, -0.1) is 0 Å². The molecule has 2 atom stereocenters. The lowest BCUT2D eigenvalue weighted by Gasteiger charge is -2.27. The maximum absolute atomic E-state index is 13.5. The van der Waals surface area contributed by atoms with Crippen LogP contribution in [-0.4, -0.2) is 22.9 Å². The molecule has 0 radical (unpaired) electrons. The topological polar surface area (TPSA) is 32.3 Å². The first-order valence-electron chi connectivity index (χ1n) is 7.50. The van der Waals surface area contributed by atoms with Crippen LogP contribution in [0.1, 0.15) is 44.8 Å². The number of carbonyl (C=O) groups is 1. The van der Waals surface area contributed by atoms with Crippen molar-refractivity contribution in [3.63, 3.8) is 0 Å². The smallest absolute Gasteiger partial charge is 0.244 e. The molecular formula is C16H20F2N2O. The average molecular weight is 294 g/mol. The molecule has 1 aliphatic carbocycles. The number of hydrogen-bond donors (Lipinski definition) is 1. The van der Waals surface area contributed by atoms with Crippen LogP contribution in [-0.2, 0) is 4.79 Å². The molecular weight excluding hydrogens is 274 g/mol. The molecule has 2 aliphatic rings. The lowest BCUT2D eigenvalue weighted by molar-refractivity contribution is -0.131. The second-order valence-corrected chi connectivity index (χ2v) is 6.27. The fourth-order valence-corrected chi connectivity index (χ4v) is 2.88. The van der Waals surface area contributed by atoms with Crippen LogP contribution in [0, 0.1) is 17.6 Å². The van der Waals surface area contributed by atoms with Crippen molar-refractivity contribution in [1.29, 1.82) is 0 Å². The number of halogens is 2. The van der Waals surface area contributed by atoms with Gasteiger partial charge in [0.25, 0.3) is 0 Å². The Morgan fingerprint density at radius 2 is 2.10 bits per heavy atom. The highest BCUT2D eigenvalue weighted by molar-refractivity contribution is 5.92. The summed E-state index contributed by atoms with van der Waals surface area (Å²) in [6.07, 6.45) is 2.26. The zero-order valence-electron chi connectivity index (χ0n) is 12.3. The third kappa shape index (κ3) is 2.44. The molecule has 1 aliphatic heterocycles. The zero-order valence-corrected chi connectivity index (χ0v) is 12.3. The minimum atomic E-state index is -0.873. The van der Waals surface area contributed by atoms with Crippen molar-refractivity contribution in [1.82, 2.24) is 10.2 Å². The Bertz CT molecular complexity index is 571. The molecule has 2 fully saturated rings. The van der Waals surface area contributed by atoms with Gasteiger partial charge in [-0.3, -0.25) is 10.1 Å². The summed E-state index contributed by atoms with van der Waals surface area (Å²) < 4.78 is 26.6. The minimum Gasteiger partial charge on any atom is -0.321 e. The summed E-state index contributed by atoms with van der Waals surface area (Å²) >= 11 is 0. The van der Waals surface area contributed by atoms with Crippen molar-refractivity contribution in [3.05, 3.63) is 35.4 Å². The van der Waals surface area contributed by atoms with E-state index in [4.69, 9.17) is 0 Å². The lowest BCUT2D eigenvalue weighted by Crippen LogP contribution is -2.35. The SMILES string of the molecule is CCC(C)CN1C(=O)C2(CC2)NC1c1ccc(F)c(F)c1. The summed E-state index contributed by atoms with van der Waals surface area (Å²) in [4.78, 5) is 14.4. The van der Waals surface area contributed by atoms with E-state index in [0.717, 1.165) is 25.3 Å². The molecule has 3 nitrogen and oxygen atoms in total. The van der Waals surface area contributed by atoms with Crippen molar-refractivity contribution >= 4 is 5.91 Å². The number of carbonyl (C=O) groups excluding carboxylic acids is 1. The predicted molar refractivity (Wildman–Crippen MR) is 75.4 cm³/mol. The van der Waals surface area contributed by atoms with Gasteiger partial charge in [-0.05, 0) is 36.5 Å². The Morgan fingerprint density at radius 3 is 2.67 bits per heavy atom. The number of hydrogen-bond acceptors (Lipinski definition) is 2. The van der Waals surface area contributed by atoms with Gasteiger partial charge in [0.1, 0.15) is 11.7 Å². The maximum Gasteiger partial charge on any atom is 0.244 e. The number of amides is 1. The molecule has 1 amide bonds. The van der Waals surface area contributed by atoms with Gasteiger partial charge < -0.3 is 4.90 Å². The van der Waals surface area contributed by atoms with Crippen LogP contribution < -0.4 is 5.32 Å². The van der Waals surface area contributed by atoms with E-state index in [0.29, 0.717) is 18.0 Å². The second-order valence-electron chi connectivity index (χ2n) is 6.27. The van der Waals surface area contributed by atoms with Crippen LogP contribution in [0.25, 0.3) is 0 Å². The van der Waals surface area contributed by atoms with Gasteiger partial charge in [0, 0.05) is 6.54 Å². The monoisotopic (exact) mass is 294 g/mol. The Labute approximate surface area is 123 Å². The molecule has 114 valence electrons. The van der Waals surface area contributed by atoms with E-state index in [9.17, 15) is 13.6 Å². The van der Waals surface area contributed by atoms with Gasteiger partial charge in [-0.2, -0.15) is 0 Å². The first kappa shape index (κ1) is 14.4. The Hall–Kier alpha value is -1.49. The van der Waals surface area contributed by atoms with E-state index >= 15 is 0 Å². The van der Waals surface area contributed by atoms with E-state index in [1.165, 1.54) is 6.07 Å². The van der Waals surface area contributed by atoms with Crippen LogP contribution >= 0.6 is 0 Å². The van der Waals surface area contributed by atoms with E-state index in [2.05, 4.69) is 19.2 Å². The van der Waals surface area contributed by atoms with Gasteiger partial charge in [-0.1, -0.05) is 26.3 Å². The fraction of sp³-hybridized carbons (Fsp3) is 0.562. The summed E-state index contributed by atoms with van der Waals surface area (Å²) in [5.74, 6) is -1.27. The Kier molecular flexibility index (Phi) is 3.48. The average Bonchev–Trinajstić information content (AvgIpc) is 3.20. The Balaban J connectivity index is 1.90. The molecule has 3 rings (SSSR count). The molecule has 1 aromatic carbocycles. The van der Waals surface area contributed by atoms with Crippen LogP contribution in [0.4, 0.5) is 8.78 Å². The summed E-state index contributed by atoms with van der Waals surface area (Å²) in [5.41, 5.74) is 0.150. The van der Waals surface area contributed by atoms with Gasteiger partial charge in [-0.25, -0.2) is 8.78 Å². The quantitative estimate of drug-likeness (QED) is 0.926. The zero-order chi connectivity index (χ0) is 15.2. The molecule has 5 heteroatoms. The number of nitrogens with zero attached hydrogens (tertiary/aromatic N) is 1. The highest BCUT2D eigenvalue weighted by atomic mass is 19.2. The fourth-order valence-electron chi connectivity index (χ4n) is 2.88. The highest BCUT2D eigenvalue weighted by Gasteiger charge is 2.59. The normalized spacial score (nSPS) is 24.7. The summed E-state index contributed by atoms with van der Waals surface area (Å²) in [6.45, 7) is 4.80. The number of nitrogens with one attached hydrogen (secondary N) is 1. The summed E-state index contributed by atoms with van der Waals surface area (Å²) in [5, 5.41) is 3.32. The molecule has 1 saturated carbocycles. The largest absolute Gasteiger partial charge is 0.321 e. The first-order valence-corrected chi connectivity index (χ1v) is 7.50. The Morgan fingerprint density at radius 1 is 1.38 bits per heavy atom. The first-order chi connectivity index (χ1) is 9.97. The summed E-state index contributed by atoms with van der Waals surface area (Å²) in [6, 6.07) is 3.86. The number of benzene rings is 1. The standard InChI is InChI=1S/C16H20F2N2O/c1-3-10(2)9-20-14(19-16(6-7-16)15(20)21)11-4-5-12(17)13(18)8-11/h4-5,8,10,14,19H,3,6-7,9H2,1-2H3. The molecule has 1 N–H and O–H groups in total. The van der Waals surface area contributed by atoms with Gasteiger partial charge >= 0.3 is 0 Å². The van der Waals surface area contributed by atoms with Gasteiger partial charge in [0.2, 0.25) is 5.91 Å². The molecule has 0 bridgehead atoms. The highest BCUT2D eigenvalue weighted by Crippen LogP contribution is 2.46. The second kappa shape index (κ2) is 5.05. The minimum absolute atomic E-state index is 0.0949. The van der Waals surface area contributed by atoms with Crippen LogP contribution in [0.15, 0.2) is 18.2 Å². The molecule has 0 aromatic heterocycles. The van der Waals surface area contributed by atoms with Crippen molar-refractivity contribution in [2.45, 2.75) is 44.8 Å². The third-order valence-corrected chi connectivity index (χ3v) is 4.61. The molecule has 1 heterocycles. The molecule has 1 spiro atoms. The van der Waals surface area contributed by atoms with Crippen molar-refractivity contribution < 1.29 is 13.6 Å². The van der Waals surface area contributed by atoms with E-state index in [1.54, 1.807) is 11.0 Å². The van der Waals surface area contributed by atoms with Crippen LogP contribution in [0.2, 0.25) is 0 Å². The van der Waals surface area contributed by atoms with E-state index < -0.39 is 17.2 Å². The van der Waals surface area contributed by atoms with Gasteiger partial charge in [0.15, 0.2) is 11.6 Å². The van der Waals surface area contributed by atoms with Crippen LogP contribution in [0.5, 0.6) is 0 Å². The summed E-state index contributed by atoms with van der Waals surface area (Å²) in [7, 11) is 0. The maximum atomic E-state index is 13.5. The van der Waals surface area contributed by atoms with Crippen molar-refractivity contribution in [2.75, 3.05) is 6.54 Å². The van der Waals surface area contributed by atoms with E-state index in [-0.39, 0.29) is 12.1 Å². The lowest BCUT2D eigenvalue weighted by atomic mass is 10.1. The van der Waals surface area contributed by atoms with E-state index in [1.807, 2.05) is 0 Å². The number of rotatable bonds is 4. The van der Waals surface area contributed by atoms with Gasteiger partial charge in [0.05, 0.1) is 0 Å². The molecule has 1 aromatic rings. The third-order valence-electron chi connectivity index (χ3n) is 4.61. The molecule has 2 unspecified atom stereocenters. The molecule has 21 heavy (non-hydrogen) atoms. The predicted octanol–water partition coefficient (Wildman–Crippen LogP) is 2.97. The molecule has 1 saturated heterocycles. The van der Waals surface area contributed by atoms with Crippen LogP contribution in [0.3, 0.4) is 0 Å². The van der Waals surface area contributed by atoms with Crippen molar-refractivity contribution in [3.8, 4) is 0 Å².